The molecule has 0 spiro atoms. The lowest BCUT2D eigenvalue weighted by Crippen LogP contribution is -2.27. The summed E-state index contributed by atoms with van der Waals surface area (Å²) in [4.78, 5) is 46.9. The third-order valence-corrected chi connectivity index (χ3v) is 5.01. The fourth-order valence-electron chi connectivity index (χ4n) is 3.42. The lowest BCUT2D eigenvalue weighted by atomic mass is 10.2. The molecule has 0 saturated heterocycles. The van der Waals surface area contributed by atoms with Crippen molar-refractivity contribution in [2.45, 2.75) is 13.8 Å². The molecule has 2 aromatic heterocycles. The fraction of sp³-hybridized carbons (Fsp3) is 0.0909. The Labute approximate surface area is 196 Å². The highest BCUT2D eigenvalue weighted by Gasteiger charge is 2.21. The number of aromatic nitrogens is 4. The van der Waals surface area contributed by atoms with Gasteiger partial charge in [0.05, 0.1) is 21.2 Å². The number of rotatable bonds is 6. The molecule has 2 aromatic carbocycles. The number of carbonyl (C=O) groups excluding carboxylic acids is 1. The minimum atomic E-state index is -0.856. The highest BCUT2D eigenvalue weighted by atomic mass is 16.6. The van der Waals surface area contributed by atoms with Crippen LogP contribution in [0.1, 0.15) is 21.9 Å². The number of anilines is 1. The van der Waals surface area contributed by atoms with Gasteiger partial charge in [-0.1, -0.05) is 12.1 Å². The van der Waals surface area contributed by atoms with Gasteiger partial charge in [-0.25, -0.2) is 9.36 Å². The zero-order chi connectivity index (χ0) is 25.3. The maximum atomic E-state index is 13.0. The Bertz CT molecular complexity index is 1540. The molecular formula is C22H17N7O6. The monoisotopic (exact) mass is 475 g/mol. The van der Waals surface area contributed by atoms with Gasteiger partial charge in [-0.15, -0.1) is 0 Å². The van der Waals surface area contributed by atoms with E-state index in [-0.39, 0.29) is 22.9 Å². The van der Waals surface area contributed by atoms with Crippen molar-refractivity contribution in [1.29, 1.82) is 0 Å². The molecule has 0 atom stereocenters. The van der Waals surface area contributed by atoms with Crippen LogP contribution < -0.4 is 10.7 Å². The van der Waals surface area contributed by atoms with Gasteiger partial charge in [0, 0.05) is 36.0 Å². The number of benzene rings is 2. The van der Waals surface area contributed by atoms with Crippen molar-refractivity contribution in [3.05, 3.63) is 108 Å². The summed E-state index contributed by atoms with van der Waals surface area (Å²) in [6.45, 7) is 3.23. The molecule has 0 aliphatic rings. The number of nitro groups is 2. The predicted molar refractivity (Wildman–Crippen MR) is 124 cm³/mol. The van der Waals surface area contributed by atoms with Gasteiger partial charge < -0.3 is 5.32 Å². The largest absolute Gasteiger partial charge is 0.305 e. The van der Waals surface area contributed by atoms with Gasteiger partial charge in [-0.3, -0.25) is 29.8 Å². The molecule has 35 heavy (non-hydrogen) atoms. The van der Waals surface area contributed by atoms with Crippen molar-refractivity contribution >= 4 is 23.1 Å². The number of nitrogens with zero attached hydrogens (tertiary/aromatic N) is 6. The van der Waals surface area contributed by atoms with Crippen molar-refractivity contribution in [2.24, 2.45) is 0 Å². The topological polar surface area (TPSA) is 168 Å². The van der Waals surface area contributed by atoms with Crippen molar-refractivity contribution in [3.8, 4) is 11.4 Å². The molecule has 0 aliphatic heterocycles. The van der Waals surface area contributed by atoms with Gasteiger partial charge >= 0.3 is 0 Å². The smallest absolute Gasteiger partial charge is 0.294 e. The number of nitro benzene ring substituents is 2. The normalized spacial score (nSPS) is 10.7. The molecule has 2 heterocycles. The molecule has 0 unspecified atom stereocenters. The first-order valence-corrected chi connectivity index (χ1v) is 10.1. The van der Waals surface area contributed by atoms with Crippen LogP contribution in [0, 0.1) is 34.1 Å². The molecule has 1 amide bonds. The average molecular weight is 475 g/mol. The van der Waals surface area contributed by atoms with E-state index >= 15 is 0 Å². The summed E-state index contributed by atoms with van der Waals surface area (Å²) in [6, 6.07) is 14.1. The molecule has 0 bridgehead atoms. The van der Waals surface area contributed by atoms with E-state index in [2.05, 4.69) is 15.5 Å². The standard InChI is InChI=1S/C22H17N7O6/c1-13-11-20(27(24-13)15-7-9-16(10-8-15)28(32)33)23-22(31)21-19(30)12-14(2)26(25-21)17-5-3-4-6-18(17)29(34)35/h3-12H,1-2H3,(H,23,31). The second-order valence-corrected chi connectivity index (χ2v) is 7.47. The van der Waals surface area contributed by atoms with E-state index < -0.39 is 26.9 Å². The molecule has 176 valence electrons. The Kier molecular flexibility index (Phi) is 5.89. The fourth-order valence-corrected chi connectivity index (χ4v) is 3.42. The van der Waals surface area contributed by atoms with Crippen LogP contribution in [0.3, 0.4) is 0 Å². The van der Waals surface area contributed by atoms with E-state index in [9.17, 15) is 29.8 Å². The predicted octanol–water partition coefficient (Wildman–Crippen LogP) is 3.10. The molecule has 0 saturated carbocycles. The lowest BCUT2D eigenvalue weighted by molar-refractivity contribution is -0.384. The Balaban J connectivity index is 1.72. The number of para-hydroxylation sites is 2. The van der Waals surface area contributed by atoms with Crippen LogP contribution in [-0.2, 0) is 0 Å². The quantitative estimate of drug-likeness (QED) is 0.328. The molecule has 13 heteroatoms. The van der Waals surface area contributed by atoms with Crippen molar-refractivity contribution in [2.75, 3.05) is 5.32 Å². The summed E-state index contributed by atoms with van der Waals surface area (Å²) in [7, 11) is 0. The van der Waals surface area contributed by atoms with Crippen LogP contribution >= 0.6 is 0 Å². The zero-order valence-electron chi connectivity index (χ0n) is 18.4. The van der Waals surface area contributed by atoms with E-state index in [1.165, 1.54) is 47.1 Å². The van der Waals surface area contributed by atoms with Crippen LogP contribution in [0.4, 0.5) is 17.2 Å². The van der Waals surface area contributed by atoms with Crippen LogP contribution in [0.15, 0.2) is 65.5 Å². The second-order valence-electron chi connectivity index (χ2n) is 7.47. The van der Waals surface area contributed by atoms with Gasteiger partial charge in [0.25, 0.3) is 17.3 Å². The summed E-state index contributed by atoms with van der Waals surface area (Å²) in [6.07, 6.45) is 0. The highest BCUT2D eigenvalue weighted by molar-refractivity contribution is 6.02. The van der Waals surface area contributed by atoms with Gasteiger partial charge in [-0.05, 0) is 32.0 Å². The zero-order valence-corrected chi connectivity index (χ0v) is 18.4. The first kappa shape index (κ1) is 23.0. The van der Waals surface area contributed by atoms with E-state index in [1.807, 2.05) is 0 Å². The summed E-state index contributed by atoms with van der Waals surface area (Å²) < 4.78 is 2.51. The summed E-state index contributed by atoms with van der Waals surface area (Å²) in [5.41, 5.74) is -0.145. The van der Waals surface area contributed by atoms with Gasteiger partial charge in [0.1, 0.15) is 11.5 Å². The van der Waals surface area contributed by atoms with E-state index in [0.717, 1.165) is 10.7 Å². The molecule has 0 radical (unpaired) electrons. The van der Waals surface area contributed by atoms with Crippen LogP contribution in [0.2, 0.25) is 0 Å². The number of non-ortho nitro benzene ring substituents is 1. The minimum absolute atomic E-state index is 0.0933. The van der Waals surface area contributed by atoms with Gasteiger partial charge in [0.2, 0.25) is 5.43 Å². The van der Waals surface area contributed by atoms with Crippen LogP contribution in [0.25, 0.3) is 11.4 Å². The first-order valence-electron chi connectivity index (χ1n) is 10.1. The number of aryl methyl sites for hydroxylation is 2. The molecule has 4 aromatic rings. The molecule has 13 nitrogen and oxygen atoms in total. The molecule has 0 aliphatic carbocycles. The second kappa shape index (κ2) is 8.97. The van der Waals surface area contributed by atoms with Crippen molar-refractivity contribution in [1.82, 2.24) is 19.6 Å². The van der Waals surface area contributed by atoms with Crippen LogP contribution in [-0.4, -0.2) is 35.3 Å². The average Bonchev–Trinajstić information content (AvgIpc) is 3.18. The van der Waals surface area contributed by atoms with E-state index in [0.29, 0.717) is 17.1 Å². The SMILES string of the molecule is Cc1cc(NC(=O)c2nn(-c3ccccc3[N+](=O)[O-])c(C)cc2=O)n(-c2ccc([N+](=O)[O-])cc2)n1. The molecule has 0 fully saturated rings. The molecule has 4 rings (SSSR count). The number of carbonyl (C=O) groups is 1. The minimum Gasteiger partial charge on any atom is -0.305 e. The number of hydrogen-bond acceptors (Lipinski definition) is 8. The highest BCUT2D eigenvalue weighted by Crippen LogP contribution is 2.23. The molecule has 1 N–H and O–H groups in total. The lowest BCUT2D eigenvalue weighted by Gasteiger charge is -2.12. The Hall–Kier alpha value is -5.20. The summed E-state index contributed by atoms with van der Waals surface area (Å²) >= 11 is 0. The number of hydrogen-bond donors (Lipinski definition) is 1. The van der Waals surface area contributed by atoms with Crippen LogP contribution in [0.5, 0.6) is 0 Å². The Morgan fingerprint density at radius 1 is 0.914 bits per heavy atom. The number of nitrogens with one attached hydrogen (secondary N) is 1. The van der Waals surface area contributed by atoms with Crippen molar-refractivity contribution in [3.63, 3.8) is 0 Å². The maximum absolute atomic E-state index is 13.0. The Morgan fingerprint density at radius 3 is 2.26 bits per heavy atom. The van der Waals surface area contributed by atoms with Crippen molar-refractivity contribution < 1.29 is 14.6 Å². The van der Waals surface area contributed by atoms with Gasteiger partial charge in [0.15, 0.2) is 5.69 Å². The Morgan fingerprint density at radius 2 is 1.60 bits per heavy atom. The molecular weight excluding hydrogens is 458 g/mol. The maximum Gasteiger partial charge on any atom is 0.294 e. The third-order valence-electron chi connectivity index (χ3n) is 5.01. The van der Waals surface area contributed by atoms with E-state index in [4.69, 9.17) is 0 Å². The summed E-state index contributed by atoms with van der Waals surface area (Å²) in [5, 5.41) is 33.3. The third kappa shape index (κ3) is 4.50. The van der Waals surface area contributed by atoms with E-state index in [1.54, 1.807) is 26.0 Å². The summed E-state index contributed by atoms with van der Waals surface area (Å²) in [5.74, 6) is -0.661. The van der Waals surface area contributed by atoms with Gasteiger partial charge in [-0.2, -0.15) is 10.2 Å². The first-order chi connectivity index (χ1) is 16.7. The number of amides is 1.